The van der Waals surface area contributed by atoms with Crippen LogP contribution in [0.3, 0.4) is 0 Å². The highest BCUT2D eigenvalue weighted by Gasteiger charge is 2.23. The highest BCUT2D eigenvalue weighted by atomic mass is 79.9. The van der Waals surface area contributed by atoms with Crippen LogP contribution >= 0.6 is 38.6 Å². The predicted octanol–water partition coefficient (Wildman–Crippen LogP) is 3.87. The van der Waals surface area contributed by atoms with E-state index in [0.717, 1.165) is 32.5 Å². The summed E-state index contributed by atoms with van der Waals surface area (Å²) in [4.78, 5) is 2.89. The highest BCUT2D eigenvalue weighted by Crippen LogP contribution is 2.33. The number of hydrogen-bond donors (Lipinski definition) is 0. The van der Waals surface area contributed by atoms with Gasteiger partial charge in [-0.15, -0.1) is 22.7 Å². The zero-order chi connectivity index (χ0) is 15.9. The second-order valence-corrected chi connectivity index (χ2v) is 10.6. The Morgan fingerprint density at radius 3 is 2.68 bits per heavy atom. The maximum atomic E-state index is 12.9. The Morgan fingerprint density at radius 2 is 2.05 bits per heavy atom. The van der Waals surface area contributed by atoms with Gasteiger partial charge in [-0.1, -0.05) is 0 Å². The Kier molecular flexibility index (Phi) is 4.48. The molecule has 0 fully saturated rings. The summed E-state index contributed by atoms with van der Waals surface area (Å²) in [5.74, 6) is 0. The summed E-state index contributed by atoms with van der Waals surface area (Å²) in [6.07, 6.45) is 2.60. The molecule has 0 bridgehead atoms. The summed E-state index contributed by atoms with van der Waals surface area (Å²) in [5, 5.41) is 2.98. The van der Waals surface area contributed by atoms with Crippen molar-refractivity contribution in [1.29, 1.82) is 0 Å². The third-order valence-corrected chi connectivity index (χ3v) is 8.13. The van der Waals surface area contributed by atoms with Crippen LogP contribution in [-0.4, -0.2) is 37.9 Å². The molecule has 0 unspecified atom stereocenters. The highest BCUT2D eigenvalue weighted by molar-refractivity contribution is 9.11. The fourth-order valence-electron chi connectivity index (χ4n) is 2.24. The SMILES string of the molecule is CN(C)CCc1cn(S(=O)(=O)c2ccc(Br)s2)c2sccc12. The number of thiophene rings is 2. The van der Waals surface area contributed by atoms with Gasteiger partial charge in [0.25, 0.3) is 10.0 Å². The van der Waals surface area contributed by atoms with Crippen molar-refractivity contribution in [2.24, 2.45) is 0 Å². The van der Waals surface area contributed by atoms with Crippen molar-refractivity contribution < 1.29 is 8.42 Å². The Bertz CT molecular complexity index is 906. The maximum Gasteiger partial charge on any atom is 0.278 e. The van der Waals surface area contributed by atoms with Crippen molar-refractivity contribution in [2.45, 2.75) is 10.6 Å². The van der Waals surface area contributed by atoms with Crippen LogP contribution in [0.5, 0.6) is 0 Å². The summed E-state index contributed by atoms with van der Waals surface area (Å²) in [7, 11) is 0.501. The fraction of sp³-hybridized carbons (Fsp3) is 0.286. The van der Waals surface area contributed by atoms with Gasteiger partial charge < -0.3 is 4.90 Å². The van der Waals surface area contributed by atoms with Crippen LogP contribution in [0.15, 0.2) is 37.8 Å². The van der Waals surface area contributed by atoms with E-state index in [9.17, 15) is 8.42 Å². The maximum absolute atomic E-state index is 12.9. The van der Waals surface area contributed by atoms with Crippen molar-refractivity contribution in [3.05, 3.63) is 39.1 Å². The normalized spacial score (nSPS) is 12.5. The van der Waals surface area contributed by atoms with E-state index in [1.165, 1.54) is 26.6 Å². The van der Waals surface area contributed by atoms with Crippen LogP contribution in [0.1, 0.15) is 5.56 Å². The lowest BCUT2D eigenvalue weighted by atomic mass is 10.2. The molecule has 3 aromatic rings. The van der Waals surface area contributed by atoms with E-state index in [4.69, 9.17) is 0 Å². The molecule has 4 nitrogen and oxygen atoms in total. The van der Waals surface area contributed by atoms with Crippen molar-refractivity contribution in [3.63, 3.8) is 0 Å². The third kappa shape index (κ3) is 2.90. The smallest absolute Gasteiger partial charge is 0.278 e. The van der Waals surface area contributed by atoms with E-state index in [2.05, 4.69) is 20.8 Å². The summed E-state index contributed by atoms with van der Waals surface area (Å²) >= 11 is 6.02. The average molecular weight is 419 g/mol. The molecule has 0 spiro atoms. The number of rotatable bonds is 5. The molecular formula is C14H15BrN2O2S3. The molecule has 0 saturated heterocycles. The summed E-state index contributed by atoms with van der Waals surface area (Å²) in [6, 6.07) is 5.41. The number of fused-ring (bicyclic) bond motifs is 1. The largest absolute Gasteiger partial charge is 0.309 e. The monoisotopic (exact) mass is 418 g/mol. The van der Waals surface area contributed by atoms with Crippen LogP contribution in [0.25, 0.3) is 10.2 Å². The van der Waals surface area contributed by atoms with Crippen LogP contribution in [0, 0.1) is 0 Å². The molecule has 0 aliphatic rings. The molecule has 22 heavy (non-hydrogen) atoms. The molecular weight excluding hydrogens is 404 g/mol. The number of halogens is 1. The second kappa shape index (κ2) is 6.09. The molecule has 0 aliphatic heterocycles. The van der Waals surface area contributed by atoms with Crippen LogP contribution in [0.2, 0.25) is 0 Å². The Balaban J connectivity index is 2.09. The Labute approximate surface area is 146 Å². The predicted molar refractivity (Wildman–Crippen MR) is 96.7 cm³/mol. The lowest BCUT2D eigenvalue weighted by Gasteiger charge is -2.07. The van der Waals surface area contributed by atoms with Gasteiger partial charge in [0.15, 0.2) is 0 Å². The molecule has 0 N–H and O–H groups in total. The number of likely N-dealkylation sites (N-methyl/N-ethyl adjacent to an activating group) is 1. The van der Waals surface area contributed by atoms with E-state index in [-0.39, 0.29) is 0 Å². The molecule has 8 heteroatoms. The van der Waals surface area contributed by atoms with Crippen LogP contribution in [-0.2, 0) is 16.4 Å². The molecule has 0 aromatic carbocycles. The minimum Gasteiger partial charge on any atom is -0.309 e. The summed E-state index contributed by atoms with van der Waals surface area (Å²) in [5.41, 5.74) is 1.07. The Morgan fingerprint density at radius 1 is 1.27 bits per heavy atom. The van der Waals surface area contributed by atoms with Crippen LogP contribution < -0.4 is 0 Å². The topological polar surface area (TPSA) is 42.3 Å². The van der Waals surface area contributed by atoms with E-state index in [1.807, 2.05) is 25.5 Å². The summed E-state index contributed by atoms with van der Waals surface area (Å²) < 4.78 is 28.3. The summed E-state index contributed by atoms with van der Waals surface area (Å²) in [6.45, 7) is 0.888. The minimum atomic E-state index is -3.53. The van der Waals surface area contributed by atoms with Gasteiger partial charge in [-0.25, -0.2) is 3.97 Å². The first-order valence-corrected chi connectivity index (χ1v) is 10.6. The number of hydrogen-bond acceptors (Lipinski definition) is 5. The van der Waals surface area contributed by atoms with Crippen molar-refractivity contribution in [3.8, 4) is 0 Å². The molecule has 0 radical (unpaired) electrons. The Hall–Kier alpha value is -0.670. The second-order valence-electron chi connectivity index (χ2n) is 5.21. The fourth-order valence-corrected chi connectivity index (χ4v) is 6.87. The standard InChI is InChI=1S/C14H15BrN2O2S3/c1-16(2)7-5-10-9-17(14-11(10)6-8-20-14)22(18,19)13-4-3-12(15)21-13/h3-4,6,8-9H,5,7H2,1-2H3. The van der Waals surface area contributed by atoms with E-state index < -0.39 is 10.0 Å². The lowest BCUT2D eigenvalue weighted by molar-refractivity contribution is 0.414. The van der Waals surface area contributed by atoms with Crippen molar-refractivity contribution >= 4 is 58.8 Å². The van der Waals surface area contributed by atoms with Crippen LogP contribution in [0.4, 0.5) is 0 Å². The quantitative estimate of drug-likeness (QED) is 0.631. The molecule has 118 valence electrons. The van der Waals surface area contributed by atoms with Gasteiger partial charge in [0.2, 0.25) is 0 Å². The molecule has 3 rings (SSSR count). The molecule has 0 saturated carbocycles. The lowest BCUT2D eigenvalue weighted by Crippen LogP contribution is -2.15. The zero-order valence-corrected chi connectivity index (χ0v) is 16.2. The van der Waals surface area contributed by atoms with Gasteiger partial charge in [-0.3, -0.25) is 0 Å². The molecule has 0 aliphatic carbocycles. The van der Waals surface area contributed by atoms with Crippen molar-refractivity contribution in [2.75, 3.05) is 20.6 Å². The van der Waals surface area contributed by atoms with Gasteiger partial charge in [0.05, 0.1) is 3.79 Å². The van der Waals surface area contributed by atoms with Crippen molar-refractivity contribution in [1.82, 2.24) is 8.87 Å². The first-order valence-electron chi connectivity index (χ1n) is 6.62. The number of nitrogens with zero attached hydrogens (tertiary/aromatic N) is 2. The molecule has 0 atom stereocenters. The van der Waals surface area contributed by atoms with Gasteiger partial charge >= 0.3 is 0 Å². The van der Waals surface area contributed by atoms with E-state index in [0.29, 0.717) is 4.21 Å². The molecule has 3 heterocycles. The average Bonchev–Trinajstić information content (AvgIpc) is 3.11. The van der Waals surface area contributed by atoms with Gasteiger partial charge in [-0.05, 0) is 65.6 Å². The first-order chi connectivity index (χ1) is 10.4. The number of aromatic nitrogens is 1. The van der Waals surface area contributed by atoms with Gasteiger partial charge in [0, 0.05) is 18.1 Å². The van der Waals surface area contributed by atoms with E-state index >= 15 is 0 Å². The molecule has 0 amide bonds. The van der Waals surface area contributed by atoms with Gasteiger partial charge in [-0.2, -0.15) is 8.42 Å². The molecule has 3 aromatic heterocycles. The third-order valence-electron chi connectivity index (χ3n) is 3.35. The minimum absolute atomic E-state index is 0.351. The first kappa shape index (κ1) is 16.2. The zero-order valence-electron chi connectivity index (χ0n) is 12.1. The van der Waals surface area contributed by atoms with E-state index in [1.54, 1.807) is 18.3 Å². The van der Waals surface area contributed by atoms with Gasteiger partial charge in [0.1, 0.15) is 9.04 Å².